The van der Waals surface area contributed by atoms with E-state index < -0.39 is 0 Å². The molecule has 2 aliphatic rings. The molecule has 0 bridgehead atoms. The number of furan rings is 1. The van der Waals surface area contributed by atoms with Gasteiger partial charge in [0.25, 0.3) is 0 Å². The lowest BCUT2D eigenvalue weighted by atomic mass is 10.0. The van der Waals surface area contributed by atoms with Gasteiger partial charge in [-0.1, -0.05) is 6.92 Å². The highest BCUT2D eigenvalue weighted by Crippen LogP contribution is 2.47. The first-order valence-electron chi connectivity index (χ1n) is 8.03. The molecule has 110 valence electrons. The van der Waals surface area contributed by atoms with Crippen molar-refractivity contribution in [3.63, 3.8) is 0 Å². The summed E-state index contributed by atoms with van der Waals surface area (Å²) in [5, 5.41) is 0. The second kappa shape index (κ2) is 5.63. The summed E-state index contributed by atoms with van der Waals surface area (Å²) in [4.78, 5) is 14.3. The van der Waals surface area contributed by atoms with Crippen LogP contribution in [-0.2, 0) is 11.2 Å². The minimum Gasteiger partial charge on any atom is -0.466 e. The van der Waals surface area contributed by atoms with Crippen LogP contribution in [-0.4, -0.2) is 23.4 Å². The van der Waals surface area contributed by atoms with Crippen LogP contribution in [0.15, 0.2) is 16.5 Å². The molecule has 3 heteroatoms. The molecule has 3 nitrogen and oxygen atoms in total. The fraction of sp³-hybridized carbons (Fsp3) is 0.706. The van der Waals surface area contributed by atoms with E-state index in [1.54, 1.807) is 0 Å². The number of carbonyl (C=O) groups is 1. The molecular formula is C17H25NO2. The van der Waals surface area contributed by atoms with Gasteiger partial charge in [0.2, 0.25) is 5.91 Å². The molecule has 1 amide bonds. The van der Waals surface area contributed by atoms with Crippen molar-refractivity contribution >= 4 is 5.91 Å². The summed E-state index contributed by atoms with van der Waals surface area (Å²) in [7, 11) is 0. The highest BCUT2D eigenvalue weighted by molar-refractivity contribution is 5.76. The zero-order chi connectivity index (χ0) is 14.1. The minimum absolute atomic E-state index is 0.287. The number of hydrogen-bond acceptors (Lipinski definition) is 2. The van der Waals surface area contributed by atoms with Gasteiger partial charge in [-0.15, -0.1) is 0 Å². The first-order valence-corrected chi connectivity index (χ1v) is 8.03. The van der Waals surface area contributed by atoms with Gasteiger partial charge in [-0.05, 0) is 50.7 Å². The molecule has 0 aromatic carbocycles. The Bertz CT molecular complexity index is 479. The summed E-state index contributed by atoms with van der Waals surface area (Å²) < 4.78 is 5.87. The van der Waals surface area contributed by atoms with E-state index in [0.717, 1.165) is 43.2 Å². The summed E-state index contributed by atoms with van der Waals surface area (Å²) in [6, 6.07) is 4.56. The topological polar surface area (TPSA) is 33.5 Å². The van der Waals surface area contributed by atoms with Crippen LogP contribution in [0.1, 0.15) is 63.4 Å². The van der Waals surface area contributed by atoms with Gasteiger partial charge in [-0.25, -0.2) is 0 Å². The van der Waals surface area contributed by atoms with Crippen molar-refractivity contribution < 1.29 is 9.21 Å². The maximum absolute atomic E-state index is 12.3. The quantitative estimate of drug-likeness (QED) is 0.838. The van der Waals surface area contributed by atoms with Crippen molar-refractivity contribution in [3.8, 4) is 0 Å². The second-order valence-electron chi connectivity index (χ2n) is 6.56. The molecule has 0 N–H and O–H groups in total. The number of rotatable bonds is 4. The SMILES string of the molecule is C[C@@H]1C[C@H]1c1ccc(CCC(=O)N2CCCC[C@H]2C)o1. The first-order chi connectivity index (χ1) is 9.65. The number of nitrogens with zero attached hydrogens (tertiary/aromatic N) is 1. The molecular weight excluding hydrogens is 250 g/mol. The van der Waals surface area contributed by atoms with Crippen molar-refractivity contribution in [2.45, 2.75) is 64.3 Å². The lowest BCUT2D eigenvalue weighted by Gasteiger charge is -2.33. The molecule has 1 aromatic rings. The zero-order valence-electron chi connectivity index (χ0n) is 12.6. The zero-order valence-corrected chi connectivity index (χ0v) is 12.6. The number of amides is 1. The number of carbonyl (C=O) groups excluding carboxylic acids is 1. The normalized spacial score (nSPS) is 29.5. The van der Waals surface area contributed by atoms with Crippen LogP contribution in [0.2, 0.25) is 0 Å². The summed E-state index contributed by atoms with van der Waals surface area (Å²) in [5.74, 6) is 3.77. The molecule has 0 radical (unpaired) electrons. The molecule has 0 unspecified atom stereocenters. The van der Waals surface area contributed by atoms with E-state index in [0.29, 0.717) is 18.4 Å². The van der Waals surface area contributed by atoms with Gasteiger partial charge in [0.15, 0.2) is 0 Å². The van der Waals surface area contributed by atoms with E-state index in [1.165, 1.54) is 12.8 Å². The van der Waals surface area contributed by atoms with Crippen molar-refractivity contribution in [2.24, 2.45) is 5.92 Å². The van der Waals surface area contributed by atoms with E-state index >= 15 is 0 Å². The summed E-state index contributed by atoms with van der Waals surface area (Å²) in [6.07, 6.45) is 6.13. The molecule has 2 heterocycles. The summed E-state index contributed by atoms with van der Waals surface area (Å²) >= 11 is 0. The standard InChI is InChI=1S/C17H25NO2/c1-12-11-15(12)16-8-6-14(20-16)7-9-17(19)18-10-4-3-5-13(18)2/h6,8,12-13,15H,3-5,7,9-11H2,1-2H3/t12-,13-,15-/m1/s1. The van der Waals surface area contributed by atoms with Gasteiger partial charge < -0.3 is 9.32 Å². The van der Waals surface area contributed by atoms with Gasteiger partial charge in [0, 0.05) is 31.3 Å². The second-order valence-corrected chi connectivity index (χ2v) is 6.56. The Kier molecular flexibility index (Phi) is 3.86. The molecule has 0 spiro atoms. The van der Waals surface area contributed by atoms with Gasteiger partial charge in [-0.3, -0.25) is 4.79 Å². The van der Waals surface area contributed by atoms with Gasteiger partial charge in [0.05, 0.1) is 0 Å². The van der Waals surface area contributed by atoms with Gasteiger partial charge >= 0.3 is 0 Å². The predicted molar refractivity (Wildman–Crippen MR) is 78.6 cm³/mol. The van der Waals surface area contributed by atoms with Crippen molar-refractivity contribution in [3.05, 3.63) is 23.7 Å². The molecule has 3 atom stereocenters. The average molecular weight is 275 g/mol. The Morgan fingerprint density at radius 3 is 2.85 bits per heavy atom. The third-order valence-electron chi connectivity index (χ3n) is 4.87. The van der Waals surface area contributed by atoms with E-state index in [2.05, 4.69) is 24.8 Å². The monoisotopic (exact) mass is 275 g/mol. The van der Waals surface area contributed by atoms with Crippen LogP contribution in [0.25, 0.3) is 0 Å². The lowest BCUT2D eigenvalue weighted by molar-refractivity contribution is -0.134. The Balaban J connectivity index is 1.51. The Hall–Kier alpha value is -1.25. The number of piperidine rings is 1. The van der Waals surface area contributed by atoms with Crippen molar-refractivity contribution in [1.29, 1.82) is 0 Å². The van der Waals surface area contributed by atoms with Gasteiger partial charge in [0.1, 0.15) is 11.5 Å². The van der Waals surface area contributed by atoms with Crippen LogP contribution in [0.4, 0.5) is 0 Å². The van der Waals surface area contributed by atoms with Crippen LogP contribution < -0.4 is 0 Å². The Morgan fingerprint density at radius 2 is 2.15 bits per heavy atom. The highest BCUT2D eigenvalue weighted by atomic mass is 16.3. The number of likely N-dealkylation sites (tertiary alicyclic amines) is 1. The average Bonchev–Trinajstić information content (AvgIpc) is 3.00. The third kappa shape index (κ3) is 2.92. The number of aryl methyl sites for hydroxylation is 1. The van der Waals surface area contributed by atoms with Gasteiger partial charge in [-0.2, -0.15) is 0 Å². The van der Waals surface area contributed by atoms with E-state index in [-0.39, 0.29) is 5.91 Å². The molecule has 1 aromatic heterocycles. The lowest BCUT2D eigenvalue weighted by Crippen LogP contribution is -2.42. The van der Waals surface area contributed by atoms with Crippen LogP contribution >= 0.6 is 0 Å². The molecule has 1 aliphatic carbocycles. The molecule has 1 aliphatic heterocycles. The van der Waals surface area contributed by atoms with Crippen LogP contribution in [0, 0.1) is 5.92 Å². The maximum atomic E-state index is 12.3. The predicted octanol–water partition coefficient (Wildman–Crippen LogP) is 3.74. The van der Waals surface area contributed by atoms with E-state index in [4.69, 9.17) is 4.42 Å². The molecule has 1 saturated heterocycles. The largest absolute Gasteiger partial charge is 0.466 e. The fourth-order valence-corrected chi connectivity index (χ4v) is 3.29. The first kappa shape index (κ1) is 13.7. The van der Waals surface area contributed by atoms with Crippen LogP contribution in [0.3, 0.4) is 0 Å². The van der Waals surface area contributed by atoms with E-state index in [9.17, 15) is 4.79 Å². The van der Waals surface area contributed by atoms with E-state index in [1.807, 2.05) is 6.07 Å². The smallest absolute Gasteiger partial charge is 0.223 e. The molecule has 3 rings (SSSR count). The van der Waals surface area contributed by atoms with Crippen LogP contribution in [0.5, 0.6) is 0 Å². The third-order valence-corrected chi connectivity index (χ3v) is 4.87. The number of hydrogen-bond donors (Lipinski definition) is 0. The Morgan fingerprint density at radius 1 is 1.35 bits per heavy atom. The molecule has 20 heavy (non-hydrogen) atoms. The minimum atomic E-state index is 0.287. The van der Waals surface area contributed by atoms with Crippen molar-refractivity contribution in [1.82, 2.24) is 4.90 Å². The molecule has 1 saturated carbocycles. The molecule has 2 fully saturated rings. The fourth-order valence-electron chi connectivity index (χ4n) is 3.29. The van der Waals surface area contributed by atoms with Crippen molar-refractivity contribution in [2.75, 3.05) is 6.54 Å². The summed E-state index contributed by atoms with van der Waals surface area (Å²) in [5.41, 5.74) is 0. The summed E-state index contributed by atoms with van der Waals surface area (Å²) in [6.45, 7) is 5.35. The maximum Gasteiger partial charge on any atom is 0.223 e. The highest BCUT2D eigenvalue weighted by Gasteiger charge is 2.36. The Labute approximate surface area is 121 Å².